The first-order chi connectivity index (χ1) is 11.0. The first-order valence-electron chi connectivity index (χ1n) is 7.18. The molecule has 2 heterocycles. The zero-order valence-corrected chi connectivity index (χ0v) is 15.5. The van der Waals surface area contributed by atoms with Gasteiger partial charge in [-0.15, -0.1) is 11.3 Å². The number of piperazine rings is 1. The molecule has 8 heteroatoms. The van der Waals surface area contributed by atoms with Gasteiger partial charge in [0.2, 0.25) is 0 Å². The van der Waals surface area contributed by atoms with Gasteiger partial charge in [-0.1, -0.05) is 18.2 Å². The van der Waals surface area contributed by atoms with Crippen molar-refractivity contribution in [3.8, 4) is 0 Å². The number of thiophene rings is 1. The van der Waals surface area contributed by atoms with Crippen LogP contribution in [0.3, 0.4) is 0 Å². The molecule has 1 aliphatic rings. The second kappa shape index (κ2) is 6.98. The van der Waals surface area contributed by atoms with Crippen molar-refractivity contribution < 1.29 is 12.8 Å². The Labute approximate surface area is 147 Å². The van der Waals surface area contributed by atoms with E-state index in [0.29, 0.717) is 42.5 Å². The van der Waals surface area contributed by atoms with Crippen molar-refractivity contribution in [2.45, 2.75) is 10.8 Å². The van der Waals surface area contributed by atoms with Gasteiger partial charge < -0.3 is 0 Å². The summed E-state index contributed by atoms with van der Waals surface area (Å²) in [6.07, 6.45) is 0. The van der Waals surface area contributed by atoms with Gasteiger partial charge in [-0.05, 0) is 34.1 Å². The fourth-order valence-corrected chi connectivity index (χ4v) is 6.15. The maximum atomic E-state index is 13.7. The van der Waals surface area contributed by atoms with Crippen LogP contribution in [0, 0.1) is 5.82 Å². The molecule has 23 heavy (non-hydrogen) atoms. The minimum absolute atomic E-state index is 0.217. The molecule has 4 nitrogen and oxygen atoms in total. The quantitative estimate of drug-likeness (QED) is 0.765. The predicted molar refractivity (Wildman–Crippen MR) is 92.5 cm³/mol. The third-order valence-corrected chi connectivity index (χ3v) is 7.82. The lowest BCUT2D eigenvalue weighted by Crippen LogP contribution is -2.48. The van der Waals surface area contributed by atoms with E-state index >= 15 is 0 Å². The van der Waals surface area contributed by atoms with Gasteiger partial charge in [0.1, 0.15) is 10.0 Å². The minimum atomic E-state index is -3.42. The average Bonchev–Trinajstić information content (AvgIpc) is 2.98. The van der Waals surface area contributed by atoms with Crippen LogP contribution in [0.2, 0.25) is 0 Å². The van der Waals surface area contributed by atoms with Gasteiger partial charge in [0.05, 0.1) is 3.79 Å². The predicted octanol–water partition coefficient (Wildman–Crippen LogP) is 3.16. The average molecular weight is 419 g/mol. The molecule has 1 aliphatic heterocycles. The van der Waals surface area contributed by atoms with E-state index in [-0.39, 0.29) is 5.82 Å². The highest BCUT2D eigenvalue weighted by Gasteiger charge is 2.29. The molecule has 1 aromatic heterocycles. The lowest BCUT2D eigenvalue weighted by atomic mass is 10.2. The van der Waals surface area contributed by atoms with Crippen LogP contribution >= 0.6 is 27.3 Å². The Morgan fingerprint density at radius 1 is 1.09 bits per heavy atom. The Bertz CT molecular complexity index is 786. The van der Waals surface area contributed by atoms with Crippen LogP contribution in [-0.4, -0.2) is 43.8 Å². The van der Waals surface area contributed by atoms with Gasteiger partial charge in [0, 0.05) is 38.3 Å². The van der Waals surface area contributed by atoms with E-state index in [1.165, 1.54) is 21.7 Å². The minimum Gasteiger partial charge on any atom is -0.296 e. The fourth-order valence-electron chi connectivity index (χ4n) is 2.56. The summed E-state index contributed by atoms with van der Waals surface area (Å²) in [5.74, 6) is -0.217. The molecule has 0 unspecified atom stereocenters. The van der Waals surface area contributed by atoms with Crippen molar-refractivity contribution in [1.29, 1.82) is 0 Å². The lowest BCUT2D eigenvalue weighted by Gasteiger charge is -2.33. The molecule has 0 spiro atoms. The van der Waals surface area contributed by atoms with Gasteiger partial charge in [-0.2, -0.15) is 4.31 Å². The molecule has 1 saturated heterocycles. The molecule has 2 aromatic rings. The maximum Gasteiger partial charge on any atom is 0.252 e. The third kappa shape index (κ3) is 3.83. The van der Waals surface area contributed by atoms with Crippen molar-refractivity contribution in [3.63, 3.8) is 0 Å². The Balaban J connectivity index is 1.63. The highest BCUT2D eigenvalue weighted by molar-refractivity contribution is 9.11. The monoisotopic (exact) mass is 418 g/mol. The summed E-state index contributed by atoms with van der Waals surface area (Å²) in [7, 11) is -3.42. The van der Waals surface area contributed by atoms with E-state index < -0.39 is 10.0 Å². The number of benzene rings is 1. The summed E-state index contributed by atoms with van der Waals surface area (Å²) in [5.41, 5.74) is 0.644. The molecule has 0 radical (unpaired) electrons. The van der Waals surface area contributed by atoms with E-state index in [0.717, 1.165) is 3.79 Å². The zero-order valence-electron chi connectivity index (χ0n) is 12.3. The van der Waals surface area contributed by atoms with Crippen LogP contribution in [0.15, 0.2) is 44.4 Å². The van der Waals surface area contributed by atoms with E-state index in [1.807, 2.05) is 6.07 Å². The first-order valence-corrected chi connectivity index (χ1v) is 10.2. The second-order valence-electron chi connectivity index (χ2n) is 5.33. The summed E-state index contributed by atoms with van der Waals surface area (Å²) in [4.78, 5) is 2.08. The van der Waals surface area contributed by atoms with E-state index in [1.54, 1.807) is 24.3 Å². The van der Waals surface area contributed by atoms with Crippen molar-refractivity contribution in [1.82, 2.24) is 9.21 Å². The Morgan fingerprint density at radius 3 is 2.39 bits per heavy atom. The number of sulfonamides is 1. The molecule has 3 rings (SSSR count). The molecule has 0 atom stereocenters. The van der Waals surface area contributed by atoms with Crippen LogP contribution in [0.25, 0.3) is 0 Å². The fraction of sp³-hybridized carbons (Fsp3) is 0.333. The second-order valence-corrected chi connectivity index (χ2v) is 9.96. The van der Waals surface area contributed by atoms with E-state index in [4.69, 9.17) is 0 Å². The maximum absolute atomic E-state index is 13.7. The Morgan fingerprint density at radius 2 is 1.78 bits per heavy atom. The van der Waals surface area contributed by atoms with Crippen LogP contribution in [0.1, 0.15) is 5.56 Å². The summed E-state index contributed by atoms with van der Waals surface area (Å²) in [6.45, 7) is 2.55. The lowest BCUT2D eigenvalue weighted by molar-refractivity contribution is 0.180. The van der Waals surface area contributed by atoms with Gasteiger partial charge in [-0.3, -0.25) is 4.90 Å². The Kier molecular flexibility index (Phi) is 5.17. The molecular formula is C15H16BrFN2O2S2. The normalized spacial score (nSPS) is 17.5. The van der Waals surface area contributed by atoms with Gasteiger partial charge in [0.15, 0.2) is 0 Å². The van der Waals surface area contributed by atoms with Gasteiger partial charge in [-0.25, -0.2) is 12.8 Å². The van der Waals surface area contributed by atoms with Crippen molar-refractivity contribution in [2.75, 3.05) is 26.2 Å². The zero-order chi connectivity index (χ0) is 16.4. The summed E-state index contributed by atoms with van der Waals surface area (Å²) in [6, 6.07) is 10.1. The van der Waals surface area contributed by atoms with Crippen molar-refractivity contribution in [3.05, 3.63) is 51.6 Å². The number of hydrogen-bond donors (Lipinski definition) is 0. The van der Waals surface area contributed by atoms with Crippen LogP contribution in [0.5, 0.6) is 0 Å². The van der Waals surface area contributed by atoms with Crippen molar-refractivity contribution in [2.24, 2.45) is 0 Å². The molecular weight excluding hydrogens is 403 g/mol. The third-order valence-electron chi connectivity index (χ3n) is 3.83. The molecule has 1 aromatic carbocycles. The van der Waals surface area contributed by atoms with Crippen LogP contribution < -0.4 is 0 Å². The Hall–Kier alpha value is -0.800. The van der Waals surface area contributed by atoms with Crippen LogP contribution in [0.4, 0.5) is 4.39 Å². The highest BCUT2D eigenvalue weighted by atomic mass is 79.9. The van der Waals surface area contributed by atoms with E-state index in [9.17, 15) is 12.8 Å². The van der Waals surface area contributed by atoms with Gasteiger partial charge in [0.25, 0.3) is 10.0 Å². The summed E-state index contributed by atoms with van der Waals surface area (Å²) < 4.78 is 41.5. The van der Waals surface area contributed by atoms with Crippen molar-refractivity contribution >= 4 is 37.3 Å². The topological polar surface area (TPSA) is 40.6 Å². The SMILES string of the molecule is O=S(=O)(c1ccc(Br)s1)N1CCN(Cc2ccccc2F)CC1. The van der Waals surface area contributed by atoms with Gasteiger partial charge >= 0.3 is 0 Å². The molecule has 124 valence electrons. The molecule has 1 fully saturated rings. The smallest absolute Gasteiger partial charge is 0.252 e. The molecule has 0 bridgehead atoms. The van der Waals surface area contributed by atoms with Crippen LogP contribution in [-0.2, 0) is 16.6 Å². The highest BCUT2D eigenvalue weighted by Crippen LogP contribution is 2.29. The number of rotatable bonds is 4. The number of hydrogen-bond acceptors (Lipinski definition) is 4. The summed E-state index contributed by atoms with van der Waals surface area (Å²) >= 11 is 4.51. The molecule has 0 aliphatic carbocycles. The number of halogens is 2. The molecule has 0 amide bonds. The first kappa shape index (κ1) is 17.0. The number of nitrogens with zero attached hydrogens (tertiary/aromatic N) is 2. The molecule has 0 saturated carbocycles. The summed E-state index contributed by atoms with van der Waals surface area (Å²) in [5, 5.41) is 0. The standard InChI is InChI=1S/C15H16BrFN2O2S2/c16-14-5-6-15(22-14)23(20,21)19-9-7-18(8-10-19)11-12-3-1-2-4-13(12)17/h1-6H,7-11H2. The largest absolute Gasteiger partial charge is 0.296 e. The molecule has 0 N–H and O–H groups in total. The van der Waals surface area contributed by atoms with E-state index in [2.05, 4.69) is 20.8 Å².